The van der Waals surface area contributed by atoms with Gasteiger partial charge in [0, 0.05) is 16.1 Å². The summed E-state index contributed by atoms with van der Waals surface area (Å²) in [5.74, 6) is -0.407. The normalized spacial score (nSPS) is 16.1. The van der Waals surface area contributed by atoms with Crippen molar-refractivity contribution in [3.8, 4) is 11.5 Å². The molecule has 1 aliphatic heterocycles. The maximum Gasteiger partial charge on any atom is 0.280 e. The first kappa shape index (κ1) is 15.3. The van der Waals surface area contributed by atoms with Crippen molar-refractivity contribution in [1.29, 1.82) is 0 Å². The summed E-state index contributed by atoms with van der Waals surface area (Å²) >= 11 is 3.37. The fraction of sp³-hybridized carbons (Fsp3) is 0.0588. The summed E-state index contributed by atoms with van der Waals surface area (Å²) in [5, 5.41) is 24.8. The van der Waals surface area contributed by atoms with Gasteiger partial charge in [0.1, 0.15) is 11.5 Å². The molecule has 0 aromatic heterocycles. The van der Waals surface area contributed by atoms with Crippen LogP contribution in [0.3, 0.4) is 0 Å². The molecule has 0 atom stereocenters. The van der Waals surface area contributed by atoms with Crippen molar-refractivity contribution in [2.45, 2.75) is 6.92 Å². The van der Waals surface area contributed by atoms with Crippen LogP contribution in [0.25, 0.3) is 6.08 Å². The summed E-state index contributed by atoms with van der Waals surface area (Å²) in [7, 11) is 0. The Hall–Kier alpha value is -2.60. The van der Waals surface area contributed by atoms with E-state index in [1.807, 2.05) is 12.1 Å². The van der Waals surface area contributed by atoms with Gasteiger partial charge in [0.25, 0.3) is 5.91 Å². The number of amides is 1. The van der Waals surface area contributed by atoms with Crippen molar-refractivity contribution < 1.29 is 15.0 Å². The Balaban J connectivity index is 1.98. The number of hydrogen-bond acceptors (Lipinski definition) is 4. The van der Waals surface area contributed by atoms with Crippen LogP contribution >= 0.6 is 15.9 Å². The zero-order valence-corrected chi connectivity index (χ0v) is 13.8. The second-order valence-electron chi connectivity index (χ2n) is 5.08. The number of carbonyl (C=O) groups excluding carboxylic acids is 1. The number of nitrogens with zero attached hydrogens (tertiary/aromatic N) is 2. The lowest BCUT2D eigenvalue weighted by Crippen LogP contribution is -2.21. The molecule has 2 aromatic rings. The fourth-order valence-electron chi connectivity index (χ4n) is 2.28. The summed E-state index contributed by atoms with van der Waals surface area (Å²) < 4.78 is 0.851. The van der Waals surface area contributed by atoms with Crippen LogP contribution in [0.15, 0.2) is 57.6 Å². The number of anilines is 1. The van der Waals surface area contributed by atoms with Gasteiger partial charge in [0.15, 0.2) is 0 Å². The zero-order valence-electron chi connectivity index (χ0n) is 12.2. The summed E-state index contributed by atoms with van der Waals surface area (Å²) in [6.07, 6.45) is 1.56. The van der Waals surface area contributed by atoms with Gasteiger partial charge in [-0.2, -0.15) is 10.1 Å². The summed E-state index contributed by atoms with van der Waals surface area (Å²) in [6.45, 7) is 1.74. The molecule has 2 aromatic carbocycles. The average Bonchev–Trinajstić information content (AvgIpc) is 2.78. The standard InChI is InChI=1S/C17H13BrN2O3/c1-10-15(7-11-5-6-14(21)9-16(11)22)17(23)20(19-10)13-4-2-3-12(18)8-13/h2-9,21-22H,1H3. The first-order valence-corrected chi connectivity index (χ1v) is 7.64. The second kappa shape index (κ2) is 5.89. The van der Waals surface area contributed by atoms with E-state index in [2.05, 4.69) is 21.0 Å². The zero-order chi connectivity index (χ0) is 16.6. The Morgan fingerprint density at radius 1 is 1.17 bits per heavy atom. The number of benzene rings is 2. The highest BCUT2D eigenvalue weighted by Crippen LogP contribution is 2.29. The van der Waals surface area contributed by atoms with E-state index in [4.69, 9.17) is 0 Å². The number of halogens is 1. The van der Waals surface area contributed by atoms with Gasteiger partial charge in [-0.1, -0.05) is 22.0 Å². The molecule has 0 spiro atoms. The maximum atomic E-state index is 12.6. The highest BCUT2D eigenvalue weighted by Gasteiger charge is 2.29. The molecule has 1 heterocycles. The Morgan fingerprint density at radius 3 is 2.65 bits per heavy atom. The first-order chi connectivity index (χ1) is 11.0. The minimum atomic E-state index is -0.270. The van der Waals surface area contributed by atoms with E-state index in [9.17, 15) is 15.0 Å². The molecular formula is C17H13BrN2O3. The highest BCUT2D eigenvalue weighted by molar-refractivity contribution is 9.10. The van der Waals surface area contributed by atoms with Crippen LogP contribution in [0, 0.1) is 0 Å². The molecule has 0 saturated heterocycles. The Labute approximate surface area is 141 Å². The van der Waals surface area contributed by atoms with Gasteiger partial charge in [-0.25, -0.2) is 0 Å². The summed E-state index contributed by atoms with van der Waals surface area (Å²) in [6, 6.07) is 11.5. The van der Waals surface area contributed by atoms with E-state index >= 15 is 0 Å². The first-order valence-electron chi connectivity index (χ1n) is 6.85. The third kappa shape index (κ3) is 2.98. The van der Waals surface area contributed by atoms with Crippen molar-refractivity contribution in [3.63, 3.8) is 0 Å². The van der Waals surface area contributed by atoms with Crippen LogP contribution in [0.5, 0.6) is 11.5 Å². The van der Waals surface area contributed by atoms with Crippen LogP contribution in [0.1, 0.15) is 12.5 Å². The molecule has 0 bridgehead atoms. The van der Waals surface area contributed by atoms with Crippen LogP contribution in [0.4, 0.5) is 5.69 Å². The predicted octanol–water partition coefficient (Wildman–Crippen LogP) is 3.67. The van der Waals surface area contributed by atoms with E-state index in [1.165, 1.54) is 17.1 Å². The van der Waals surface area contributed by atoms with Crippen molar-refractivity contribution in [2.75, 3.05) is 5.01 Å². The molecule has 116 valence electrons. The number of carbonyl (C=O) groups is 1. The predicted molar refractivity (Wildman–Crippen MR) is 92.5 cm³/mol. The average molecular weight is 373 g/mol. The van der Waals surface area contributed by atoms with E-state index in [-0.39, 0.29) is 17.4 Å². The molecule has 6 heteroatoms. The van der Waals surface area contributed by atoms with Gasteiger partial charge in [0.2, 0.25) is 0 Å². The third-order valence-corrected chi connectivity index (χ3v) is 3.92. The third-order valence-electron chi connectivity index (χ3n) is 3.43. The SMILES string of the molecule is CC1=NN(c2cccc(Br)c2)C(=O)C1=Cc1ccc(O)cc1O. The maximum absolute atomic E-state index is 12.6. The number of rotatable bonds is 2. The molecule has 5 nitrogen and oxygen atoms in total. The Kier molecular flexibility index (Phi) is 3.92. The molecule has 1 amide bonds. The molecule has 3 rings (SSSR count). The number of aromatic hydroxyl groups is 2. The molecule has 0 fully saturated rings. The molecular weight excluding hydrogens is 360 g/mol. The lowest BCUT2D eigenvalue weighted by Gasteiger charge is -2.11. The largest absolute Gasteiger partial charge is 0.508 e. The van der Waals surface area contributed by atoms with Gasteiger partial charge in [-0.3, -0.25) is 4.79 Å². The molecule has 1 aliphatic rings. The smallest absolute Gasteiger partial charge is 0.280 e. The minimum Gasteiger partial charge on any atom is -0.508 e. The molecule has 0 radical (unpaired) electrons. The molecule has 2 N–H and O–H groups in total. The Bertz CT molecular complexity index is 859. The van der Waals surface area contributed by atoms with Crippen molar-refractivity contribution in [1.82, 2.24) is 0 Å². The van der Waals surface area contributed by atoms with Gasteiger partial charge in [-0.15, -0.1) is 0 Å². The van der Waals surface area contributed by atoms with Crippen LogP contribution < -0.4 is 5.01 Å². The van der Waals surface area contributed by atoms with E-state index in [0.29, 0.717) is 22.5 Å². The highest BCUT2D eigenvalue weighted by atomic mass is 79.9. The molecule has 0 aliphatic carbocycles. The molecule has 0 saturated carbocycles. The van der Waals surface area contributed by atoms with E-state index in [0.717, 1.165) is 4.47 Å². The number of hydrogen-bond donors (Lipinski definition) is 2. The van der Waals surface area contributed by atoms with E-state index in [1.54, 1.807) is 31.2 Å². The molecule has 0 unspecified atom stereocenters. The number of phenols is 2. The molecule has 23 heavy (non-hydrogen) atoms. The fourth-order valence-corrected chi connectivity index (χ4v) is 2.66. The monoisotopic (exact) mass is 372 g/mol. The van der Waals surface area contributed by atoms with Crippen molar-refractivity contribution in [3.05, 3.63) is 58.1 Å². The second-order valence-corrected chi connectivity index (χ2v) is 6.00. The Morgan fingerprint density at radius 2 is 1.96 bits per heavy atom. The lowest BCUT2D eigenvalue weighted by atomic mass is 10.1. The van der Waals surface area contributed by atoms with Gasteiger partial charge < -0.3 is 10.2 Å². The van der Waals surface area contributed by atoms with Crippen LogP contribution in [0.2, 0.25) is 0 Å². The van der Waals surface area contributed by atoms with Crippen LogP contribution in [-0.4, -0.2) is 21.8 Å². The topological polar surface area (TPSA) is 73.1 Å². The van der Waals surface area contributed by atoms with Crippen molar-refractivity contribution in [2.24, 2.45) is 5.10 Å². The van der Waals surface area contributed by atoms with Gasteiger partial charge in [-0.05, 0) is 43.3 Å². The lowest BCUT2D eigenvalue weighted by molar-refractivity contribution is -0.114. The van der Waals surface area contributed by atoms with E-state index < -0.39 is 0 Å². The van der Waals surface area contributed by atoms with Crippen molar-refractivity contribution >= 4 is 39.3 Å². The number of phenolic OH excluding ortho intramolecular Hbond substituents is 2. The van der Waals surface area contributed by atoms with Crippen LogP contribution in [-0.2, 0) is 4.79 Å². The minimum absolute atomic E-state index is 0.0384. The van der Waals surface area contributed by atoms with Gasteiger partial charge >= 0.3 is 0 Å². The summed E-state index contributed by atoms with van der Waals surface area (Å²) in [4.78, 5) is 12.6. The van der Waals surface area contributed by atoms with Gasteiger partial charge in [0.05, 0.1) is 17.0 Å². The number of hydrazone groups is 1. The summed E-state index contributed by atoms with van der Waals surface area (Å²) in [5.41, 5.74) is 2.05. The quantitative estimate of drug-likeness (QED) is 0.789.